The lowest BCUT2D eigenvalue weighted by atomic mass is 9.60. The van der Waals surface area contributed by atoms with Crippen LogP contribution >= 0.6 is 0 Å². The summed E-state index contributed by atoms with van der Waals surface area (Å²) in [4.78, 5) is 14.5. The molecule has 1 aromatic rings. The Labute approximate surface area is 141 Å². The van der Waals surface area contributed by atoms with Gasteiger partial charge in [-0.15, -0.1) is 0 Å². The van der Waals surface area contributed by atoms with Crippen molar-refractivity contribution in [3.8, 4) is 0 Å². The normalized spacial score (nSPS) is 25.2. The van der Waals surface area contributed by atoms with Crippen molar-refractivity contribution in [3.05, 3.63) is 17.5 Å². The molecule has 5 nitrogen and oxygen atoms in total. The number of amides is 1. The number of aryl methyl sites for hydroxylation is 1. The largest absolute Gasteiger partial charge is 0.378 e. The Morgan fingerprint density at radius 3 is 2.75 bits per heavy atom. The molecule has 0 bridgehead atoms. The zero-order chi connectivity index (χ0) is 17.5. The van der Waals surface area contributed by atoms with E-state index < -0.39 is 6.43 Å². The Morgan fingerprint density at radius 2 is 2.17 bits per heavy atom. The molecule has 3 rings (SSSR count). The van der Waals surface area contributed by atoms with Crippen molar-refractivity contribution >= 4 is 5.91 Å². The summed E-state index contributed by atoms with van der Waals surface area (Å²) >= 11 is 0. The number of carbonyl (C=O) groups is 1. The Balaban J connectivity index is 1.82. The van der Waals surface area contributed by atoms with Gasteiger partial charge < -0.3 is 9.64 Å². The zero-order valence-electron chi connectivity index (χ0n) is 14.5. The highest BCUT2D eigenvalue weighted by molar-refractivity contribution is 5.95. The Kier molecular flexibility index (Phi) is 4.64. The Morgan fingerprint density at radius 1 is 1.50 bits per heavy atom. The van der Waals surface area contributed by atoms with Crippen molar-refractivity contribution in [2.45, 2.75) is 57.6 Å². The monoisotopic (exact) mass is 341 g/mol. The number of hydrogen-bond acceptors (Lipinski definition) is 3. The van der Waals surface area contributed by atoms with Gasteiger partial charge in [0.05, 0.1) is 17.9 Å². The van der Waals surface area contributed by atoms with Crippen LogP contribution in [0, 0.1) is 5.41 Å². The molecule has 0 radical (unpaired) electrons. The number of rotatable bonds is 5. The fourth-order valence-electron chi connectivity index (χ4n) is 4.60. The predicted molar refractivity (Wildman–Crippen MR) is 85.0 cm³/mol. The van der Waals surface area contributed by atoms with Crippen LogP contribution < -0.4 is 0 Å². The van der Waals surface area contributed by atoms with Crippen LogP contribution in [0.4, 0.5) is 8.78 Å². The van der Waals surface area contributed by atoms with Crippen molar-refractivity contribution in [1.82, 2.24) is 14.7 Å². The maximum atomic E-state index is 13.2. The number of hydrogen-bond donors (Lipinski definition) is 0. The molecule has 0 unspecified atom stereocenters. The summed E-state index contributed by atoms with van der Waals surface area (Å²) < 4.78 is 33.5. The molecule has 1 spiro atoms. The quantitative estimate of drug-likeness (QED) is 0.826. The van der Waals surface area contributed by atoms with Gasteiger partial charge in [0.1, 0.15) is 5.69 Å². The molecule has 2 fully saturated rings. The van der Waals surface area contributed by atoms with Crippen molar-refractivity contribution < 1.29 is 18.3 Å². The fraction of sp³-hybridized carbons (Fsp3) is 0.765. The number of alkyl halides is 2. The molecule has 0 aromatic carbocycles. The molecule has 7 heteroatoms. The molecule has 134 valence electrons. The van der Waals surface area contributed by atoms with Gasteiger partial charge in [0, 0.05) is 32.2 Å². The van der Waals surface area contributed by atoms with Crippen LogP contribution in [0.2, 0.25) is 0 Å². The van der Waals surface area contributed by atoms with Gasteiger partial charge in [-0.1, -0.05) is 12.8 Å². The van der Waals surface area contributed by atoms with E-state index in [0.717, 1.165) is 36.8 Å². The number of aromatic nitrogens is 2. The number of halogens is 2. The maximum absolute atomic E-state index is 13.2. The summed E-state index contributed by atoms with van der Waals surface area (Å²) in [6, 6.07) is 0.0507. The van der Waals surface area contributed by atoms with Gasteiger partial charge in [-0.25, -0.2) is 8.78 Å². The van der Waals surface area contributed by atoms with E-state index >= 15 is 0 Å². The third-order valence-electron chi connectivity index (χ3n) is 5.85. The van der Waals surface area contributed by atoms with Crippen molar-refractivity contribution in [1.29, 1.82) is 0 Å². The van der Waals surface area contributed by atoms with Crippen molar-refractivity contribution in [2.75, 3.05) is 13.7 Å². The summed E-state index contributed by atoms with van der Waals surface area (Å²) in [5.74, 6) is -0.371. The molecule has 2 aliphatic rings. The standard InChI is InChI=1S/C17H25F2N3O2/c1-4-24-13-9-12(17(13)7-5-6-8-17)21(2)16(23)11-10-20-22(3)14(11)15(18)19/h10,12-13,15H,4-9H2,1-3H3/t12-,13+/m0/s1. The van der Waals surface area contributed by atoms with E-state index in [0.29, 0.717) is 6.61 Å². The van der Waals surface area contributed by atoms with Gasteiger partial charge >= 0.3 is 0 Å². The summed E-state index contributed by atoms with van der Waals surface area (Å²) in [5, 5.41) is 3.84. The van der Waals surface area contributed by atoms with E-state index in [9.17, 15) is 13.6 Å². The SMILES string of the molecule is CCO[C@@H]1C[C@H](N(C)C(=O)c2cnn(C)c2C(F)F)C12CCCC2. The first-order chi connectivity index (χ1) is 11.4. The molecule has 0 saturated heterocycles. The summed E-state index contributed by atoms with van der Waals surface area (Å²) in [6.07, 6.45) is 3.83. The second-order valence-corrected chi connectivity index (χ2v) is 6.92. The van der Waals surface area contributed by atoms with Gasteiger partial charge in [-0.3, -0.25) is 9.48 Å². The lowest BCUT2D eigenvalue weighted by molar-refractivity contribution is -0.152. The molecular formula is C17H25F2N3O2. The molecular weight excluding hydrogens is 316 g/mol. The van der Waals surface area contributed by atoms with Gasteiger partial charge in [0.25, 0.3) is 12.3 Å². The van der Waals surface area contributed by atoms with Gasteiger partial charge in [-0.2, -0.15) is 5.10 Å². The topological polar surface area (TPSA) is 47.4 Å². The highest BCUT2D eigenvalue weighted by Gasteiger charge is 2.59. The Bertz CT molecular complexity index is 611. The third kappa shape index (κ3) is 2.53. The maximum Gasteiger partial charge on any atom is 0.280 e. The van der Waals surface area contributed by atoms with Crippen molar-refractivity contribution in [2.24, 2.45) is 12.5 Å². The van der Waals surface area contributed by atoms with Crippen LogP contribution in [0.25, 0.3) is 0 Å². The Hall–Kier alpha value is -1.50. The summed E-state index contributed by atoms with van der Waals surface area (Å²) in [6.45, 7) is 2.64. The molecule has 2 saturated carbocycles. The van der Waals surface area contributed by atoms with Crippen LogP contribution in [0.3, 0.4) is 0 Å². The molecule has 0 aliphatic heterocycles. The first-order valence-corrected chi connectivity index (χ1v) is 8.61. The molecule has 2 atom stereocenters. The van der Waals surface area contributed by atoms with Crippen LogP contribution in [-0.2, 0) is 11.8 Å². The van der Waals surface area contributed by atoms with E-state index in [1.165, 1.54) is 13.2 Å². The number of nitrogens with zero attached hydrogens (tertiary/aromatic N) is 3. The predicted octanol–water partition coefficient (Wildman–Crippen LogP) is 3.17. The minimum atomic E-state index is -2.72. The molecule has 0 N–H and O–H groups in total. The van der Waals surface area contributed by atoms with E-state index in [2.05, 4.69) is 5.10 Å². The second kappa shape index (κ2) is 6.43. The molecule has 1 amide bonds. The smallest absolute Gasteiger partial charge is 0.280 e. The van der Waals surface area contributed by atoms with E-state index in [1.807, 2.05) is 6.92 Å². The second-order valence-electron chi connectivity index (χ2n) is 6.92. The average molecular weight is 341 g/mol. The lowest BCUT2D eigenvalue weighted by Crippen LogP contribution is -2.64. The average Bonchev–Trinajstić information content (AvgIpc) is 3.18. The van der Waals surface area contributed by atoms with Gasteiger partial charge in [0.15, 0.2) is 0 Å². The van der Waals surface area contributed by atoms with E-state index in [-0.39, 0.29) is 34.7 Å². The minimum Gasteiger partial charge on any atom is -0.378 e. The highest BCUT2D eigenvalue weighted by Crippen LogP contribution is 2.56. The van der Waals surface area contributed by atoms with Crippen molar-refractivity contribution in [3.63, 3.8) is 0 Å². The molecule has 24 heavy (non-hydrogen) atoms. The minimum absolute atomic E-state index is 0.00278. The summed E-state index contributed by atoms with van der Waals surface area (Å²) in [7, 11) is 3.16. The third-order valence-corrected chi connectivity index (χ3v) is 5.85. The fourth-order valence-corrected chi connectivity index (χ4v) is 4.60. The number of carbonyl (C=O) groups excluding carboxylic acids is 1. The first-order valence-electron chi connectivity index (χ1n) is 8.61. The van der Waals surface area contributed by atoms with Crippen LogP contribution in [0.5, 0.6) is 0 Å². The first kappa shape index (κ1) is 17.3. The van der Waals surface area contributed by atoms with Gasteiger partial charge in [-0.05, 0) is 26.2 Å². The molecule has 1 aromatic heterocycles. The van der Waals surface area contributed by atoms with E-state index in [1.54, 1.807) is 11.9 Å². The van der Waals surface area contributed by atoms with Crippen LogP contribution in [0.15, 0.2) is 6.20 Å². The van der Waals surface area contributed by atoms with Gasteiger partial charge in [0.2, 0.25) is 0 Å². The zero-order valence-corrected chi connectivity index (χ0v) is 14.5. The van der Waals surface area contributed by atoms with Crippen LogP contribution in [0.1, 0.15) is 61.5 Å². The highest BCUT2D eigenvalue weighted by atomic mass is 19.3. The van der Waals surface area contributed by atoms with E-state index in [4.69, 9.17) is 4.74 Å². The number of ether oxygens (including phenoxy) is 1. The van der Waals surface area contributed by atoms with Crippen LogP contribution in [-0.4, -0.2) is 46.4 Å². The summed E-state index contributed by atoms with van der Waals surface area (Å²) in [5.41, 5.74) is -0.316. The molecule has 2 aliphatic carbocycles. The lowest BCUT2D eigenvalue weighted by Gasteiger charge is -2.57. The molecule has 1 heterocycles.